The molecule has 0 radical (unpaired) electrons. The molecule has 2 aromatic carbocycles. The molecule has 0 amide bonds. The number of aryl methyl sites for hydroxylation is 3. The van der Waals surface area contributed by atoms with Gasteiger partial charge in [0, 0.05) is 0 Å². The van der Waals surface area contributed by atoms with Gasteiger partial charge < -0.3 is 36.4 Å². The summed E-state index contributed by atoms with van der Waals surface area (Å²) in [6.07, 6.45) is 3.46. The average Bonchev–Trinajstić information content (AvgIpc) is 2.49. The minimum atomic E-state index is 0. The van der Waals surface area contributed by atoms with Gasteiger partial charge in [-0.1, -0.05) is 39.0 Å². The van der Waals surface area contributed by atoms with Gasteiger partial charge in [0.1, 0.15) is 0 Å². The average molecular weight is 258 g/mol. The van der Waals surface area contributed by atoms with E-state index in [1.165, 1.54) is 16.7 Å². The van der Waals surface area contributed by atoms with Crippen LogP contribution in [-0.4, -0.2) is 0 Å². The zero-order valence-electron chi connectivity index (χ0n) is 14.6. The van der Waals surface area contributed by atoms with Crippen LogP contribution in [0.3, 0.4) is 0 Å². The van der Waals surface area contributed by atoms with E-state index in [-0.39, 0.29) is 56.6 Å². The molecule has 0 bridgehead atoms. The van der Waals surface area contributed by atoms with Crippen molar-refractivity contribution < 1.29 is 56.6 Å². The van der Waals surface area contributed by atoms with E-state index in [9.17, 15) is 0 Å². The van der Waals surface area contributed by atoms with E-state index in [0.717, 1.165) is 19.3 Å². The van der Waals surface area contributed by atoms with E-state index in [1.54, 1.807) is 18.2 Å². The molecule has 0 saturated heterocycles. The van der Waals surface area contributed by atoms with Crippen LogP contribution in [-0.2, 0) is 19.3 Å². The summed E-state index contributed by atoms with van der Waals surface area (Å²) >= 11 is 0. The molecule has 0 saturated carbocycles. The SMILES string of the molecule is CCc1cc(CC)cc(CC)c1.[Li+].[Li+].[Li+].[c-]1c[c-]c[c-]c1. The smallest absolute Gasteiger partial charge is 0.545 e. The summed E-state index contributed by atoms with van der Waals surface area (Å²) in [6.45, 7) is 6.65. The second kappa shape index (κ2) is 16.6. The fourth-order valence-corrected chi connectivity index (χ4v) is 1.72. The van der Waals surface area contributed by atoms with E-state index in [2.05, 4.69) is 57.2 Å². The molecule has 0 aromatic heterocycles. The summed E-state index contributed by atoms with van der Waals surface area (Å²) in [4.78, 5) is 0. The molecule has 2 aromatic rings. The molecular weight excluding hydrogens is 237 g/mol. The van der Waals surface area contributed by atoms with E-state index < -0.39 is 0 Å². The molecule has 21 heavy (non-hydrogen) atoms. The van der Waals surface area contributed by atoms with Gasteiger partial charge in [0.25, 0.3) is 0 Å². The van der Waals surface area contributed by atoms with Crippen LogP contribution in [0.4, 0.5) is 0 Å². The second-order valence-electron chi connectivity index (χ2n) is 4.15. The summed E-state index contributed by atoms with van der Waals surface area (Å²) in [5.41, 5.74) is 4.43. The molecule has 3 heteroatoms. The maximum Gasteiger partial charge on any atom is 1.00 e. The quantitative estimate of drug-likeness (QED) is 0.384. The van der Waals surface area contributed by atoms with Gasteiger partial charge in [0.15, 0.2) is 0 Å². The maximum absolute atomic E-state index is 2.78. The molecule has 0 spiro atoms. The van der Waals surface area contributed by atoms with Gasteiger partial charge in [0.2, 0.25) is 0 Å². The van der Waals surface area contributed by atoms with Crippen molar-refractivity contribution in [1.29, 1.82) is 0 Å². The molecular formula is C18H21Li3. The van der Waals surface area contributed by atoms with E-state index >= 15 is 0 Å². The van der Waals surface area contributed by atoms with Crippen LogP contribution in [0.2, 0.25) is 0 Å². The van der Waals surface area contributed by atoms with E-state index in [1.807, 2.05) is 0 Å². The predicted octanol–water partition coefficient (Wildman–Crippen LogP) is -4.53. The Bertz CT molecular complexity index is 360. The summed E-state index contributed by atoms with van der Waals surface area (Å²) in [5, 5.41) is 0. The van der Waals surface area contributed by atoms with Crippen molar-refractivity contribution in [2.45, 2.75) is 40.0 Å². The van der Waals surface area contributed by atoms with Gasteiger partial charge in [-0.05, 0) is 36.0 Å². The standard InChI is InChI=1S/C12H18.C6H3.3Li/c1-4-10-7-11(5-2)9-12(6-3)8-10;1-2-4-6-5-3-1;;;/h7-9H,4-6H2,1-3H3;1,4-5H;;;/q;-3;3*+1. The molecule has 0 aliphatic carbocycles. The summed E-state index contributed by atoms with van der Waals surface area (Å²) in [6, 6.07) is 20.5. The first-order valence-electron chi connectivity index (χ1n) is 6.65. The first-order valence-corrected chi connectivity index (χ1v) is 6.65. The maximum atomic E-state index is 2.78. The Hall–Kier alpha value is 0.232. The Kier molecular flexibility index (Phi) is 20.7. The van der Waals surface area contributed by atoms with Crippen LogP contribution >= 0.6 is 0 Å². The largest absolute Gasteiger partial charge is 1.00 e. The van der Waals surface area contributed by atoms with Crippen molar-refractivity contribution in [1.82, 2.24) is 0 Å². The van der Waals surface area contributed by atoms with Crippen molar-refractivity contribution in [3.63, 3.8) is 0 Å². The van der Waals surface area contributed by atoms with Crippen LogP contribution in [0, 0.1) is 18.2 Å². The van der Waals surface area contributed by atoms with Gasteiger partial charge in [-0.15, -0.1) is 0 Å². The van der Waals surface area contributed by atoms with Crippen molar-refractivity contribution >= 4 is 0 Å². The third-order valence-corrected chi connectivity index (χ3v) is 2.84. The second-order valence-corrected chi connectivity index (χ2v) is 4.15. The molecule has 0 atom stereocenters. The minimum absolute atomic E-state index is 0. The molecule has 0 nitrogen and oxygen atoms in total. The van der Waals surface area contributed by atoms with Gasteiger partial charge in [0.05, 0.1) is 0 Å². The van der Waals surface area contributed by atoms with Crippen LogP contribution in [0.5, 0.6) is 0 Å². The fraction of sp³-hybridized carbons (Fsp3) is 0.333. The van der Waals surface area contributed by atoms with Gasteiger partial charge in [-0.2, -0.15) is 0 Å². The molecule has 0 unspecified atom stereocenters. The summed E-state index contributed by atoms with van der Waals surface area (Å²) in [7, 11) is 0. The van der Waals surface area contributed by atoms with Crippen molar-refractivity contribution in [3.05, 3.63) is 71.3 Å². The number of benzene rings is 2. The zero-order chi connectivity index (χ0) is 13.2. The van der Waals surface area contributed by atoms with E-state index in [0.29, 0.717) is 0 Å². The van der Waals surface area contributed by atoms with Crippen molar-refractivity contribution in [3.8, 4) is 0 Å². The van der Waals surface area contributed by atoms with Crippen molar-refractivity contribution in [2.75, 3.05) is 0 Å². The summed E-state index contributed by atoms with van der Waals surface area (Å²) in [5.74, 6) is 0. The Balaban J connectivity index is -0.000000312. The topological polar surface area (TPSA) is 0 Å². The first-order chi connectivity index (χ1) is 8.80. The minimum Gasteiger partial charge on any atom is -0.545 e. The molecule has 0 heterocycles. The molecule has 96 valence electrons. The van der Waals surface area contributed by atoms with Crippen LogP contribution < -0.4 is 56.6 Å². The molecule has 0 fully saturated rings. The van der Waals surface area contributed by atoms with Gasteiger partial charge in [-0.25, -0.2) is 0 Å². The Morgan fingerprint density at radius 2 is 0.810 bits per heavy atom. The zero-order valence-corrected chi connectivity index (χ0v) is 14.6. The Morgan fingerprint density at radius 1 is 0.571 bits per heavy atom. The van der Waals surface area contributed by atoms with Gasteiger partial charge >= 0.3 is 56.6 Å². The van der Waals surface area contributed by atoms with Gasteiger partial charge in [-0.3, -0.25) is 0 Å². The van der Waals surface area contributed by atoms with Crippen LogP contribution in [0.25, 0.3) is 0 Å². The fourth-order valence-electron chi connectivity index (χ4n) is 1.72. The van der Waals surface area contributed by atoms with Crippen LogP contribution in [0.15, 0.2) is 36.4 Å². The third kappa shape index (κ3) is 11.5. The van der Waals surface area contributed by atoms with E-state index in [4.69, 9.17) is 0 Å². The third-order valence-electron chi connectivity index (χ3n) is 2.84. The normalized spacial score (nSPS) is 8.14. The molecule has 0 aliphatic heterocycles. The summed E-state index contributed by atoms with van der Waals surface area (Å²) < 4.78 is 0. The Morgan fingerprint density at radius 3 is 0.952 bits per heavy atom. The molecule has 0 aliphatic rings. The van der Waals surface area contributed by atoms with Crippen LogP contribution in [0.1, 0.15) is 37.5 Å². The number of hydrogen-bond donors (Lipinski definition) is 0. The molecule has 0 N–H and O–H groups in total. The number of rotatable bonds is 3. The molecule has 2 rings (SSSR count). The predicted molar refractivity (Wildman–Crippen MR) is 77.5 cm³/mol. The first kappa shape index (κ1) is 26.1. The number of hydrogen-bond acceptors (Lipinski definition) is 0. The Labute approximate surface area is 167 Å². The van der Waals surface area contributed by atoms with Crippen molar-refractivity contribution in [2.24, 2.45) is 0 Å². The monoisotopic (exact) mass is 258 g/mol.